The van der Waals surface area contributed by atoms with Crippen LogP contribution in [-0.4, -0.2) is 46.2 Å². The van der Waals surface area contributed by atoms with Crippen molar-refractivity contribution >= 4 is 16.8 Å². The lowest BCUT2D eigenvalue weighted by atomic mass is 9.90. The molecule has 0 spiro atoms. The Balaban J connectivity index is 1.19. The molecule has 2 N–H and O–H groups in total. The van der Waals surface area contributed by atoms with Gasteiger partial charge in [-0.15, -0.1) is 0 Å². The number of Topliss-reactive ketones (excluding diaryl/α,β-unsaturated/α-hetero) is 1. The minimum Gasteiger partial charge on any atom is -0.491 e. The van der Waals surface area contributed by atoms with Crippen LogP contribution in [0.1, 0.15) is 35.2 Å². The van der Waals surface area contributed by atoms with Crippen LogP contribution in [0.5, 0.6) is 5.75 Å². The summed E-state index contributed by atoms with van der Waals surface area (Å²) in [4.78, 5) is 16.4. The molecule has 2 aromatic carbocycles. The summed E-state index contributed by atoms with van der Waals surface area (Å²) >= 11 is 0. The Hall–Kier alpha value is -2.70. The Bertz CT molecular complexity index is 982. The Morgan fingerprint density at radius 2 is 2.07 bits per heavy atom. The topological polar surface area (TPSA) is 76.4 Å². The number of fused-ring (bicyclic) bond motifs is 2. The first-order valence-electron chi connectivity index (χ1n) is 10.3. The molecule has 1 unspecified atom stereocenters. The molecule has 0 saturated heterocycles. The number of aryl methyl sites for hydroxylation is 1. The molecular weight excluding hydrogens is 366 g/mol. The SMILES string of the molecule is O=C1CCCc2c(OCC(O)CNCCCn3cnc4ccccc43)cccc21. The van der Waals surface area contributed by atoms with Crippen LogP contribution < -0.4 is 10.1 Å². The number of nitrogens with one attached hydrogen (secondary N) is 1. The van der Waals surface area contributed by atoms with E-state index in [1.54, 1.807) is 0 Å². The zero-order valence-electron chi connectivity index (χ0n) is 16.5. The van der Waals surface area contributed by atoms with E-state index in [0.29, 0.717) is 13.0 Å². The molecule has 6 heteroatoms. The molecule has 0 fully saturated rings. The zero-order chi connectivity index (χ0) is 20.1. The number of ketones is 1. The first-order chi connectivity index (χ1) is 14.2. The molecule has 0 saturated carbocycles. The number of ether oxygens (including phenoxy) is 1. The monoisotopic (exact) mass is 393 g/mol. The number of benzene rings is 2. The Kier molecular flexibility index (Phi) is 6.22. The predicted molar refractivity (Wildman–Crippen MR) is 112 cm³/mol. The minimum atomic E-state index is -0.598. The van der Waals surface area contributed by atoms with Gasteiger partial charge in [0.25, 0.3) is 0 Å². The van der Waals surface area contributed by atoms with Gasteiger partial charge in [0.1, 0.15) is 18.5 Å². The van der Waals surface area contributed by atoms with E-state index in [2.05, 4.69) is 20.9 Å². The van der Waals surface area contributed by atoms with Crippen molar-refractivity contribution in [1.29, 1.82) is 0 Å². The summed E-state index contributed by atoms with van der Waals surface area (Å²) < 4.78 is 7.97. The van der Waals surface area contributed by atoms with E-state index in [0.717, 1.165) is 60.3 Å². The van der Waals surface area contributed by atoms with Gasteiger partial charge in [-0.1, -0.05) is 24.3 Å². The molecule has 29 heavy (non-hydrogen) atoms. The van der Waals surface area contributed by atoms with Crippen LogP contribution in [0, 0.1) is 0 Å². The standard InChI is InChI=1S/C23H27N3O3/c27-17(15-29-23-11-4-6-18-19(23)7-3-10-22(18)28)14-24-12-5-13-26-16-25-20-8-1-2-9-21(20)26/h1-2,4,6,8-9,11,16-17,24,27H,3,5,7,10,12-15H2. The summed E-state index contributed by atoms with van der Waals surface area (Å²) in [5.74, 6) is 0.908. The van der Waals surface area contributed by atoms with Crippen molar-refractivity contribution in [2.75, 3.05) is 19.7 Å². The molecule has 0 amide bonds. The van der Waals surface area contributed by atoms with Crippen LogP contribution in [0.3, 0.4) is 0 Å². The van der Waals surface area contributed by atoms with Gasteiger partial charge in [-0.2, -0.15) is 0 Å². The van der Waals surface area contributed by atoms with Crippen molar-refractivity contribution in [2.45, 2.75) is 38.3 Å². The highest BCUT2D eigenvalue weighted by Gasteiger charge is 2.20. The van der Waals surface area contributed by atoms with E-state index in [4.69, 9.17) is 4.74 Å². The van der Waals surface area contributed by atoms with Gasteiger partial charge in [0.2, 0.25) is 0 Å². The van der Waals surface area contributed by atoms with Gasteiger partial charge < -0.3 is 19.7 Å². The zero-order valence-corrected chi connectivity index (χ0v) is 16.5. The van der Waals surface area contributed by atoms with Gasteiger partial charge in [0.05, 0.1) is 17.4 Å². The average Bonchev–Trinajstić information content (AvgIpc) is 3.15. The number of carbonyl (C=O) groups excluding carboxylic acids is 1. The number of carbonyl (C=O) groups is 1. The number of hydrogen-bond acceptors (Lipinski definition) is 5. The highest BCUT2D eigenvalue weighted by molar-refractivity contribution is 5.99. The van der Waals surface area contributed by atoms with E-state index < -0.39 is 6.10 Å². The van der Waals surface area contributed by atoms with E-state index in [-0.39, 0.29) is 12.4 Å². The molecule has 3 aromatic rings. The maximum Gasteiger partial charge on any atom is 0.163 e. The van der Waals surface area contributed by atoms with Gasteiger partial charge in [-0.25, -0.2) is 4.98 Å². The molecule has 4 rings (SSSR count). The number of aliphatic hydroxyl groups excluding tert-OH is 1. The molecule has 0 bridgehead atoms. The first kappa shape index (κ1) is 19.6. The van der Waals surface area contributed by atoms with Gasteiger partial charge in [0, 0.05) is 30.6 Å². The third kappa shape index (κ3) is 4.66. The molecule has 6 nitrogen and oxygen atoms in total. The van der Waals surface area contributed by atoms with Crippen molar-refractivity contribution in [3.8, 4) is 5.75 Å². The summed E-state index contributed by atoms with van der Waals surface area (Å²) in [6.07, 6.45) is 4.55. The van der Waals surface area contributed by atoms with E-state index in [1.807, 2.05) is 42.7 Å². The molecule has 1 aliphatic rings. The fraction of sp³-hybridized carbons (Fsp3) is 0.391. The summed E-state index contributed by atoms with van der Waals surface area (Å²) in [6, 6.07) is 13.7. The first-order valence-corrected chi connectivity index (χ1v) is 10.3. The molecule has 152 valence electrons. The van der Waals surface area contributed by atoms with Crippen LogP contribution >= 0.6 is 0 Å². The number of aliphatic hydroxyl groups is 1. The van der Waals surface area contributed by atoms with E-state index in [9.17, 15) is 9.90 Å². The molecule has 1 heterocycles. The molecular formula is C23H27N3O3. The fourth-order valence-electron chi connectivity index (χ4n) is 3.86. The number of nitrogens with zero attached hydrogens (tertiary/aromatic N) is 2. The molecule has 1 aliphatic carbocycles. The normalized spacial score (nSPS) is 14.7. The number of para-hydroxylation sites is 2. The van der Waals surface area contributed by atoms with E-state index >= 15 is 0 Å². The second kappa shape index (κ2) is 9.20. The lowest BCUT2D eigenvalue weighted by Gasteiger charge is -2.20. The summed E-state index contributed by atoms with van der Waals surface area (Å²) in [6.45, 7) is 2.37. The van der Waals surface area contributed by atoms with Crippen molar-refractivity contribution in [3.05, 3.63) is 59.9 Å². The van der Waals surface area contributed by atoms with Gasteiger partial charge in [0.15, 0.2) is 5.78 Å². The lowest BCUT2D eigenvalue weighted by molar-refractivity contribution is 0.0966. The third-order valence-corrected chi connectivity index (χ3v) is 5.36. The van der Waals surface area contributed by atoms with Crippen LogP contribution in [0.4, 0.5) is 0 Å². The second-order valence-electron chi connectivity index (χ2n) is 7.51. The Labute approximate surface area is 170 Å². The molecule has 1 atom stereocenters. The van der Waals surface area contributed by atoms with E-state index in [1.165, 1.54) is 0 Å². The number of aromatic nitrogens is 2. The van der Waals surface area contributed by atoms with Crippen molar-refractivity contribution in [2.24, 2.45) is 0 Å². The smallest absolute Gasteiger partial charge is 0.163 e. The summed E-state index contributed by atoms with van der Waals surface area (Å²) in [5, 5.41) is 13.5. The summed E-state index contributed by atoms with van der Waals surface area (Å²) in [5.41, 5.74) is 3.91. The number of imidazole rings is 1. The van der Waals surface area contributed by atoms with Crippen molar-refractivity contribution < 1.29 is 14.6 Å². The molecule has 1 aromatic heterocycles. The van der Waals surface area contributed by atoms with Gasteiger partial charge in [-0.05, 0) is 44.0 Å². The second-order valence-corrected chi connectivity index (χ2v) is 7.51. The predicted octanol–water partition coefficient (Wildman–Crippen LogP) is 2.97. The molecule has 0 radical (unpaired) electrons. The third-order valence-electron chi connectivity index (χ3n) is 5.36. The maximum absolute atomic E-state index is 12.0. The van der Waals surface area contributed by atoms with Crippen LogP contribution in [-0.2, 0) is 13.0 Å². The number of rotatable bonds is 9. The van der Waals surface area contributed by atoms with Crippen LogP contribution in [0.15, 0.2) is 48.8 Å². The Morgan fingerprint density at radius 3 is 3.00 bits per heavy atom. The Morgan fingerprint density at radius 1 is 1.17 bits per heavy atom. The largest absolute Gasteiger partial charge is 0.491 e. The maximum atomic E-state index is 12.0. The summed E-state index contributed by atoms with van der Waals surface area (Å²) in [7, 11) is 0. The fourth-order valence-corrected chi connectivity index (χ4v) is 3.86. The van der Waals surface area contributed by atoms with Crippen molar-refractivity contribution in [3.63, 3.8) is 0 Å². The van der Waals surface area contributed by atoms with Crippen LogP contribution in [0.25, 0.3) is 11.0 Å². The van der Waals surface area contributed by atoms with Crippen LogP contribution in [0.2, 0.25) is 0 Å². The van der Waals surface area contributed by atoms with Gasteiger partial charge >= 0.3 is 0 Å². The van der Waals surface area contributed by atoms with Gasteiger partial charge in [-0.3, -0.25) is 4.79 Å². The molecule has 0 aliphatic heterocycles. The minimum absolute atomic E-state index is 0.185. The lowest BCUT2D eigenvalue weighted by Crippen LogP contribution is -2.32. The van der Waals surface area contributed by atoms with Crippen molar-refractivity contribution in [1.82, 2.24) is 14.9 Å². The highest BCUT2D eigenvalue weighted by Crippen LogP contribution is 2.29. The number of hydrogen-bond donors (Lipinski definition) is 2. The quantitative estimate of drug-likeness (QED) is 0.547. The highest BCUT2D eigenvalue weighted by atomic mass is 16.5. The average molecular weight is 393 g/mol.